The minimum absolute atomic E-state index is 1.40. The standard InChI is InChI=1S/C6H12Cl2Te2/c7-9-3-1-4-10(9,8)6-2-5-9/h1-6H2. The summed E-state index contributed by atoms with van der Waals surface area (Å²) < 4.78 is 5.65. The van der Waals surface area contributed by atoms with Crippen LogP contribution in [0.25, 0.3) is 0 Å². The van der Waals surface area contributed by atoms with Crippen LogP contribution in [0, 0.1) is 0 Å². The van der Waals surface area contributed by atoms with Crippen molar-refractivity contribution in [1.82, 2.24) is 0 Å². The molecule has 0 bridgehead atoms. The first-order chi connectivity index (χ1) is 4.66. The predicted molar refractivity (Wildman–Crippen MR) is 51.7 cm³/mol. The fraction of sp³-hybridized carbons (Fsp3) is 1.00. The zero-order chi connectivity index (χ0) is 7.24. The molecule has 0 aromatic carbocycles. The van der Waals surface area contributed by atoms with Gasteiger partial charge < -0.3 is 0 Å². The Morgan fingerprint density at radius 3 is 1.30 bits per heavy atom. The summed E-state index contributed by atoms with van der Waals surface area (Å²) in [7, 11) is 13.3. The van der Waals surface area contributed by atoms with Crippen molar-refractivity contribution in [2.75, 3.05) is 0 Å². The maximum atomic E-state index is 6.65. The second kappa shape index (κ2) is 2.83. The van der Waals surface area contributed by atoms with Crippen LogP contribution in [0.5, 0.6) is 0 Å². The van der Waals surface area contributed by atoms with Crippen molar-refractivity contribution in [2.45, 2.75) is 30.7 Å². The van der Waals surface area contributed by atoms with Crippen LogP contribution in [0.3, 0.4) is 0 Å². The van der Waals surface area contributed by atoms with Gasteiger partial charge in [-0.2, -0.15) is 0 Å². The summed E-state index contributed by atoms with van der Waals surface area (Å²) >= 11 is -3.54. The van der Waals surface area contributed by atoms with Gasteiger partial charge in [-0.15, -0.1) is 0 Å². The van der Waals surface area contributed by atoms with Gasteiger partial charge in [-0.25, -0.2) is 0 Å². The molecular weight excluding hydrogens is 398 g/mol. The van der Waals surface area contributed by atoms with E-state index in [1.807, 2.05) is 0 Å². The zero-order valence-electron chi connectivity index (χ0n) is 5.82. The molecule has 0 spiro atoms. The van der Waals surface area contributed by atoms with Crippen LogP contribution in [0.1, 0.15) is 12.8 Å². The Balaban J connectivity index is 2.30. The number of rotatable bonds is 0. The van der Waals surface area contributed by atoms with Gasteiger partial charge in [-0.05, 0) is 0 Å². The Morgan fingerprint density at radius 2 is 1.00 bits per heavy atom. The molecule has 0 N–H and O–H groups in total. The van der Waals surface area contributed by atoms with Gasteiger partial charge >= 0.3 is 75.0 Å². The third-order valence-corrected chi connectivity index (χ3v) is 77.7. The molecule has 0 aromatic rings. The molecule has 0 radical (unpaired) electrons. The normalized spacial score (nSPS) is 66.2. The van der Waals surface area contributed by atoms with Crippen LogP contribution in [0.15, 0.2) is 0 Å². The third-order valence-electron chi connectivity index (χ3n) is 2.33. The first-order valence-electron chi connectivity index (χ1n) is 3.63. The van der Waals surface area contributed by atoms with Crippen molar-refractivity contribution in [1.29, 1.82) is 0 Å². The molecule has 0 nitrogen and oxygen atoms in total. The van der Waals surface area contributed by atoms with Gasteiger partial charge in [0.15, 0.2) is 0 Å². The molecule has 2 aliphatic heterocycles. The summed E-state index contributed by atoms with van der Waals surface area (Å²) in [6.07, 6.45) is 2.80. The predicted octanol–water partition coefficient (Wildman–Crippen LogP) is 3.24. The van der Waals surface area contributed by atoms with E-state index in [1.54, 1.807) is 0 Å². The van der Waals surface area contributed by atoms with Gasteiger partial charge in [0.25, 0.3) is 0 Å². The van der Waals surface area contributed by atoms with Crippen molar-refractivity contribution < 1.29 is 0 Å². The Kier molecular flexibility index (Phi) is 2.48. The van der Waals surface area contributed by atoms with Gasteiger partial charge in [-0.3, -0.25) is 0 Å². The van der Waals surface area contributed by atoms with Crippen molar-refractivity contribution >= 4 is 44.3 Å². The van der Waals surface area contributed by atoms with E-state index < -0.39 is 26.4 Å². The van der Waals surface area contributed by atoms with Gasteiger partial charge in [0.2, 0.25) is 0 Å². The van der Waals surface area contributed by atoms with E-state index in [1.165, 1.54) is 30.7 Å². The molecule has 0 amide bonds. The molecule has 0 unspecified atom stereocenters. The van der Waals surface area contributed by atoms with Gasteiger partial charge in [-0.1, -0.05) is 0 Å². The summed E-state index contributed by atoms with van der Waals surface area (Å²) in [5.74, 6) is 0. The van der Waals surface area contributed by atoms with E-state index >= 15 is 0 Å². The first-order valence-corrected chi connectivity index (χ1v) is 23.5. The van der Waals surface area contributed by atoms with Gasteiger partial charge in [0, 0.05) is 0 Å². The molecule has 0 aromatic heterocycles. The quantitative estimate of drug-likeness (QED) is 0.538. The summed E-state index contributed by atoms with van der Waals surface area (Å²) in [6, 6.07) is 0. The van der Waals surface area contributed by atoms with E-state index in [-0.39, 0.29) is 0 Å². The number of hydrogen-bond donors (Lipinski definition) is 0. The van der Waals surface area contributed by atoms with E-state index in [0.717, 1.165) is 0 Å². The SMILES string of the molecule is Cl[Te]12CCC[Te]1(Cl)CCC2. The summed E-state index contributed by atoms with van der Waals surface area (Å²) in [5.41, 5.74) is 0. The second-order valence-corrected chi connectivity index (χ2v) is 55.9. The average molecular weight is 410 g/mol. The van der Waals surface area contributed by atoms with Crippen LogP contribution >= 0.6 is 17.9 Å². The summed E-state index contributed by atoms with van der Waals surface area (Å²) in [4.78, 5) is 0. The molecule has 2 rings (SSSR count). The minimum atomic E-state index is -1.77. The van der Waals surface area contributed by atoms with Crippen molar-refractivity contribution in [2.24, 2.45) is 0 Å². The van der Waals surface area contributed by atoms with Crippen LogP contribution in [-0.2, 0) is 0 Å². The Hall–Kier alpha value is 2.16. The molecule has 0 atom stereocenters. The summed E-state index contributed by atoms with van der Waals surface area (Å²) in [5, 5.41) is 0. The number of fused-ring (bicyclic) bond motifs is 1. The summed E-state index contributed by atoms with van der Waals surface area (Å²) in [6.45, 7) is 0. The Labute approximate surface area is 73.9 Å². The van der Waals surface area contributed by atoms with Crippen LogP contribution in [0.4, 0.5) is 0 Å². The number of halogens is 2. The maximum absolute atomic E-state index is 6.65. The van der Waals surface area contributed by atoms with Crippen LogP contribution < -0.4 is 0 Å². The van der Waals surface area contributed by atoms with Crippen molar-refractivity contribution in [3.63, 3.8) is 0 Å². The van der Waals surface area contributed by atoms with Crippen molar-refractivity contribution in [3.8, 4) is 0 Å². The van der Waals surface area contributed by atoms with E-state index in [0.29, 0.717) is 0 Å². The van der Waals surface area contributed by atoms with E-state index in [2.05, 4.69) is 0 Å². The van der Waals surface area contributed by atoms with Crippen LogP contribution in [-0.4, -0.2) is 26.4 Å². The zero-order valence-corrected chi connectivity index (χ0v) is 12.0. The molecule has 4 heteroatoms. The monoisotopic (exact) mass is 414 g/mol. The fourth-order valence-corrected chi connectivity index (χ4v) is 62.6. The molecule has 0 saturated carbocycles. The molecular formula is C6H12Cl2Te2. The molecule has 0 aliphatic carbocycles. The topological polar surface area (TPSA) is 0 Å². The average Bonchev–Trinajstić information content (AvgIpc) is 2.20. The second-order valence-electron chi connectivity index (χ2n) is 2.97. The Bertz CT molecular complexity index is 134. The Morgan fingerprint density at radius 1 is 0.700 bits per heavy atom. The van der Waals surface area contributed by atoms with Crippen molar-refractivity contribution in [3.05, 3.63) is 0 Å². The van der Waals surface area contributed by atoms with Gasteiger partial charge in [0.1, 0.15) is 0 Å². The van der Waals surface area contributed by atoms with E-state index in [4.69, 9.17) is 17.9 Å². The number of hydrogen-bond acceptors (Lipinski definition) is 0. The first kappa shape index (κ1) is 8.74. The fourth-order valence-electron chi connectivity index (χ4n) is 1.78. The molecule has 2 saturated heterocycles. The molecule has 2 aliphatic rings. The third kappa shape index (κ3) is 1.16. The van der Waals surface area contributed by atoms with E-state index in [9.17, 15) is 0 Å². The molecule has 2 heterocycles. The van der Waals surface area contributed by atoms with Crippen LogP contribution in [0.2, 0.25) is 17.9 Å². The van der Waals surface area contributed by atoms with Gasteiger partial charge in [0.05, 0.1) is 0 Å². The molecule has 10 heavy (non-hydrogen) atoms. The molecule has 2 fully saturated rings. The molecule has 62 valence electrons.